The Morgan fingerprint density at radius 1 is 1.29 bits per heavy atom. The first-order valence-electron chi connectivity index (χ1n) is 9.57. The number of carbonyl (C=O) groups excluding carboxylic acids is 2. The Hall–Kier alpha value is -2.38. The number of cyclic esters (lactones) is 2. The van der Waals surface area contributed by atoms with Crippen molar-refractivity contribution in [2.75, 3.05) is 6.61 Å². The van der Waals surface area contributed by atoms with Crippen molar-refractivity contribution in [1.82, 2.24) is 0 Å². The zero-order chi connectivity index (χ0) is 20.9. The van der Waals surface area contributed by atoms with Crippen molar-refractivity contribution >= 4 is 11.9 Å². The highest BCUT2D eigenvalue weighted by atomic mass is 16.5. The maximum Gasteiger partial charge on any atom is 0.330 e. The molecule has 7 heteroatoms. The van der Waals surface area contributed by atoms with E-state index in [1.165, 1.54) is 18.4 Å². The SMILES string of the molecule is C=C1C[C@H](C)CCOC(=O)C/C=C\C(=O)O[C@H]([C@@H](N)/C=C/N)C/C=C/[C@@H](N)C1. The maximum absolute atomic E-state index is 12.0. The number of esters is 2. The van der Waals surface area contributed by atoms with Crippen LogP contribution in [0.3, 0.4) is 0 Å². The van der Waals surface area contributed by atoms with E-state index >= 15 is 0 Å². The fourth-order valence-corrected chi connectivity index (χ4v) is 2.88. The number of hydrogen-bond acceptors (Lipinski definition) is 7. The molecule has 0 amide bonds. The maximum atomic E-state index is 12.0. The molecule has 0 aliphatic carbocycles. The van der Waals surface area contributed by atoms with Crippen LogP contribution < -0.4 is 17.2 Å². The summed E-state index contributed by atoms with van der Waals surface area (Å²) in [6, 6.07) is -0.747. The monoisotopic (exact) mass is 391 g/mol. The Morgan fingerprint density at radius 2 is 2.04 bits per heavy atom. The third kappa shape index (κ3) is 10.1. The average Bonchev–Trinajstić information content (AvgIpc) is 2.60. The van der Waals surface area contributed by atoms with Gasteiger partial charge in [0, 0.05) is 18.5 Å². The van der Waals surface area contributed by atoms with Gasteiger partial charge in [-0.15, -0.1) is 0 Å². The molecule has 0 saturated heterocycles. The minimum absolute atomic E-state index is 0.00433. The third-order valence-corrected chi connectivity index (χ3v) is 4.36. The summed E-state index contributed by atoms with van der Waals surface area (Å²) < 4.78 is 10.6. The lowest BCUT2D eigenvalue weighted by Gasteiger charge is -2.20. The van der Waals surface area contributed by atoms with Crippen molar-refractivity contribution in [1.29, 1.82) is 0 Å². The highest BCUT2D eigenvalue weighted by molar-refractivity contribution is 5.83. The summed E-state index contributed by atoms with van der Waals surface area (Å²) in [5, 5.41) is 0. The second kappa shape index (κ2) is 12.9. The molecule has 7 nitrogen and oxygen atoms in total. The van der Waals surface area contributed by atoms with Gasteiger partial charge in [0.25, 0.3) is 0 Å². The number of carbonyl (C=O) groups is 2. The van der Waals surface area contributed by atoms with E-state index in [1.807, 2.05) is 12.2 Å². The van der Waals surface area contributed by atoms with Gasteiger partial charge in [-0.2, -0.15) is 0 Å². The molecule has 1 aliphatic rings. The lowest BCUT2D eigenvalue weighted by Crippen LogP contribution is -2.36. The summed E-state index contributed by atoms with van der Waals surface area (Å²) in [7, 11) is 0. The summed E-state index contributed by atoms with van der Waals surface area (Å²) in [6.07, 6.45) is 11.2. The lowest BCUT2D eigenvalue weighted by molar-refractivity contribution is -0.143. The molecule has 1 heterocycles. The van der Waals surface area contributed by atoms with Crippen molar-refractivity contribution in [2.45, 2.75) is 57.2 Å². The van der Waals surface area contributed by atoms with Gasteiger partial charge in [0.05, 0.1) is 19.1 Å². The first-order chi connectivity index (χ1) is 13.3. The zero-order valence-electron chi connectivity index (χ0n) is 16.6. The van der Waals surface area contributed by atoms with Crippen molar-refractivity contribution in [2.24, 2.45) is 23.1 Å². The van der Waals surface area contributed by atoms with Gasteiger partial charge in [-0.1, -0.05) is 37.3 Å². The Morgan fingerprint density at radius 3 is 2.75 bits per heavy atom. The molecule has 6 N–H and O–H groups in total. The van der Waals surface area contributed by atoms with Gasteiger partial charge in [-0.25, -0.2) is 4.79 Å². The minimum Gasteiger partial charge on any atom is -0.465 e. The third-order valence-electron chi connectivity index (χ3n) is 4.36. The molecule has 0 bridgehead atoms. The highest BCUT2D eigenvalue weighted by Gasteiger charge is 2.18. The fourth-order valence-electron chi connectivity index (χ4n) is 2.88. The van der Waals surface area contributed by atoms with Crippen LogP contribution in [0.1, 0.15) is 39.0 Å². The van der Waals surface area contributed by atoms with Crippen LogP contribution in [-0.4, -0.2) is 36.7 Å². The van der Waals surface area contributed by atoms with Crippen LogP contribution in [0.15, 0.2) is 48.7 Å². The molecule has 1 aliphatic heterocycles. The van der Waals surface area contributed by atoms with Gasteiger partial charge in [-0.3, -0.25) is 4.79 Å². The van der Waals surface area contributed by atoms with Crippen LogP contribution in [0.2, 0.25) is 0 Å². The average molecular weight is 392 g/mol. The summed E-state index contributed by atoms with van der Waals surface area (Å²) in [6.45, 7) is 6.52. The molecule has 0 saturated carbocycles. The predicted octanol–water partition coefficient (Wildman–Crippen LogP) is 1.84. The molecule has 0 aromatic heterocycles. The molecule has 0 fully saturated rings. The topological polar surface area (TPSA) is 131 Å². The molecule has 0 spiro atoms. The van der Waals surface area contributed by atoms with Crippen LogP contribution in [0.5, 0.6) is 0 Å². The molecule has 0 aromatic carbocycles. The highest BCUT2D eigenvalue weighted by Crippen LogP contribution is 2.18. The Labute approximate surface area is 167 Å². The second-order valence-corrected chi connectivity index (χ2v) is 7.14. The van der Waals surface area contributed by atoms with Gasteiger partial charge in [0.1, 0.15) is 6.10 Å². The van der Waals surface area contributed by atoms with Crippen molar-refractivity contribution in [3.8, 4) is 0 Å². The smallest absolute Gasteiger partial charge is 0.330 e. The first kappa shape index (κ1) is 23.7. The van der Waals surface area contributed by atoms with E-state index in [2.05, 4.69) is 13.5 Å². The molecule has 156 valence electrons. The minimum atomic E-state index is -0.602. The Bertz CT molecular complexity index is 613. The number of nitrogens with two attached hydrogens (primary N) is 3. The molecular formula is C21H33N3O4. The summed E-state index contributed by atoms with van der Waals surface area (Å²) >= 11 is 0. The van der Waals surface area contributed by atoms with Crippen LogP contribution in [-0.2, 0) is 19.1 Å². The van der Waals surface area contributed by atoms with Crippen molar-refractivity contribution < 1.29 is 19.1 Å². The molecule has 1 rings (SSSR count). The molecule has 28 heavy (non-hydrogen) atoms. The van der Waals surface area contributed by atoms with Gasteiger partial charge < -0.3 is 26.7 Å². The van der Waals surface area contributed by atoms with E-state index in [4.69, 9.17) is 26.7 Å². The van der Waals surface area contributed by atoms with Crippen LogP contribution >= 0.6 is 0 Å². The second-order valence-electron chi connectivity index (χ2n) is 7.14. The van der Waals surface area contributed by atoms with Gasteiger partial charge in [0.2, 0.25) is 0 Å². The Kier molecular flexibility index (Phi) is 10.9. The van der Waals surface area contributed by atoms with Gasteiger partial charge in [-0.05, 0) is 37.5 Å². The predicted molar refractivity (Wildman–Crippen MR) is 110 cm³/mol. The van der Waals surface area contributed by atoms with E-state index in [-0.39, 0.29) is 18.4 Å². The number of rotatable bonds is 2. The normalized spacial score (nSPS) is 30.0. The van der Waals surface area contributed by atoms with Crippen molar-refractivity contribution in [3.63, 3.8) is 0 Å². The quantitative estimate of drug-likeness (QED) is 0.483. The van der Waals surface area contributed by atoms with E-state index in [0.29, 0.717) is 25.4 Å². The van der Waals surface area contributed by atoms with Crippen molar-refractivity contribution in [3.05, 3.63) is 48.7 Å². The number of hydrogen-bond donors (Lipinski definition) is 3. The van der Waals surface area contributed by atoms with Crippen LogP contribution in [0.25, 0.3) is 0 Å². The standard InChI is InChI=1S/C21H33N3O4/c1-15-10-12-27-20(25)7-4-8-21(26)28-19(18(24)9-11-22)6-3-5-17(23)14-16(2)13-15/h3-5,8-9,11,15,17-19H,2,6-7,10,12-14,22-24H2,1H3/b5-3+,8-4-,11-9+/t15-,17-,18+,19+/m1/s1. The summed E-state index contributed by atoms with van der Waals surface area (Å²) in [4.78, 5) is 23.8. The van der Waals surface area contributed by atoms with Gasteiger partial charge >= 0.3 is 11.9 Å². The largest absolute Gasteiger partial charge is 0.465 e. The summed E-state index contributed by atoms with van der Waals surface area (Å²) in [5.41, 5.74) is 18.6. The molecular weight excluding hydrogens is 358 g/mol. The van der Waals surface area contributed by atoms with Crippen LogP contribution in [0, 0.1) is 5.92 Å². The molecule has 0 radical (unpaired) electrons. The van der Waals surface area contributed by atoms with Crippen LogP contribution in [0.4, 0.5) is 0 Å². The van der Waals surface area contributed by atoms with E-state index in [1.54, 1.807) is 6.08 Å². The lowest BCUT2D eigenvalue weighted by atomic mass is 9.95. The fraction of sp³-hybridized carbons (Fsp3) is 0.524. The number of ether oxygens (including phenoxy) is 2. The Balaban J connectivity index is 2.87. The first-order valence-corrected chi connectivity index (χ1v) is 9.57. The molecule has 4 atom stereocenters. The molecule has 0 unspecified atom stereocenters. The van der Waals surface area contributed by atoms with Gasteiger partial charge in [0.15, 0.2) is 0 Å². The molecule has 0 aromatic rings. The van der Waals surface area contributed by atoms with E-state index < -0.39 is 18.1 Å². The van der Waals surface area contributed by atoms with E-state index in [0.717, 1.165) is 18.4 Å². The van der Waals surface area contributed by atoms with E-state index in [9.17, 15) is 9.59 Å². The zero-order valence-corrected chi connectivity index (χ0v) is 16.6. The summed E-state index contributed by atoms with van der Waals surface area (Å²) in [5.74, 6) is -0.633.